The summed E-state index contributed by atoms with van der Waals surface area (Å²) in [6.45, 7) is 0.548. The molecule has 1 unspecified atom stereocenters. The highest BCUT2D eigenvalue weighted by Gasteiger charge is 2.28. The summed E-state index contributed by atoms with van der Waals surface area (Å²) in [6.07, 6.45) is 2.69. The predicted octanol–water partition coefficient (Wildman–Crippen LogP) is 3.20. The zero-order valence-corrected chi connectivity index (χ0v) is 10.6. The van der Waals surface area contributed by atoms with Gasteiger partial charge in [0.2, 0.25) is 0 Å². The van der Waals surface area contributed by atoms with Gasteiger partial charge in [0.1, 0.15) is 11.6 Å². The maximum Gasteiger partial charge on any atom is 0.257 e. The normalized spacial score (nSPS) is 19.9. The lowest BCUT2D eigenvalue weighted by atomic mass is 10.0. The number of benzene rings is 1. The molecule has 0 aromatic heterocycles. The molecular weight excluding hydrogens is 260 g/mol. The van der Waals surface area contributed by atoms with Crippen LogP contribution in [0.15, 0.2) is 18.2 Å². The van der Waals surface area contributed by atoms with Gasteiger partial charge in [0.05, 0.1) is 5.56 Å². The van der Waals surface area contributed by atoms with Crippen molar-refractivity contribution in [1.29, 1.82) is 0 Å². The molecule has 1 fully saturated rings. The van der Waals surface area contributed by atoms with E-state index in [-0.39, 0.29) is 11.6 Å². The van der Waals surface area contributed by atoms with Crippen molar-refractivity contribution in [3.63, 3.8) is 0 Å². The number of piperidine rings is 1. The molecule has 1 saturated heterocycles. The number of likely N-dealkylation sites (tertiary alicyclic amines) is 1. The Labute approximate surface area is 110 Å². The van der Waals surface area contributed by atoms with Crippen LogP contribution in [0.5, 0.6) is 0 Å². The van der Waals surface area contributed by atoms with E-state index in [1.54, 1.807) is 4.90 Å². The summed E-state index contributed by atoms with van der Waals surface area (Å²) < 4.78 is 26.6. The number of rotatable bonds is 2. The monoisotopic (exact) mass is 273 g/mol. The van der Waals surface area contributed by atoms with E-state index in [0.717, 1.165) is 37.5 Å². The van der Waals surface area contributed by atoms with Gasteiger partial charge in [0, 0.05) is 18.5 Å². The number of alkyl halides is 1. The molecule has 0 bridgehead atoms. The minimum atomic E-state index is -0.694. The molecule has 1 amide bonds. The molecule has 1 atom stereocenters. The zero-order valence-electron chi connectivity index (χ0n) is 9.83. The van der Waals surface area contributed by atoms with Crippen molar-refractivity contribution in [2.75, 3.05) is 12.4 Å². The van der Waals surface area contributed by atoms with Gasteiger partial charge in [-0.3, -0.25) is 4.79 Å². The fourth-order valence-electron chi connectivity index (χ4n) is 2.24. The van der Waals surface area contributed by atoms with Crippen molar-refractivity contribution in [3.8, 4) is 0 Å². The minimum absolute atomic E-state index is 0.0874. The van der Waals surface area contributed by atoms with Gasteiger partial charge in [-0.25, -0.2) is 8.78 Å². The first-order valence-corrected chi connectivity index (χ1v) is 6.49. The van der Waals surface area contributed by atoms with Gasteiger partial charge in [0.15, 0.2) is 0 Å². The third kappa shape index (κ3) is 2.64. The summed E-state index contributed by atoms with van der Waals surface area (Å²) in [4.78, 5) is 13.8. The number of hydrogen-bond donors (Lipinski definition) is 0. The highest BCUT2D eigenvalue weighted by Crippen LogP contribution is 2.22. The van der Waals surface area contributed by atoms with Crippen LogP contribution in [0.3, 0.4) is 0 Å². The van der Waals surface area contributed by atoms with Crippen LogP contribution < -0.4 is 0 Å². The van der Waals surface area contributed by atoms with Crippen molar-refractivity contribution in [2.24, 2.45) is 0 Å². The van der Waals surface area contributed by atoms with E-state index in [4.69, 9.17) is 11.6 Å². The first-order valence-electron chi connectivity index (χ1n) is 5.95. The van der Waals surface area contributed by atoms with E-state index >= 15 is 0 Å². The van der Waals surface area contributed by atoms with Gasteiger partial charge in [-0.2, -0.15) is 0 Å². The SMILES string of the molecule is O=C(c1cc(F)ccc1F)N1CCCCC1CCl. The number of nitrogens with zero attached hydrogens (tertiary/aromatic N) is 1. The zero-order chi connectivity index (χ0) is 13.1. The molecule has 1 aliphatic rings. The van der Waals surface area contributed by atoms with Crippen molar-refractivity contribution >= 4 is 17.5 Å². The largest absolute Gasteiger partial charge is 0.334 e. The van der Waals surface area contributed by atoms with Gasteiger partial charge < -0.3 is 4.90 Å². The van der Waals surface area contributed by atoms with Crippen molar-refractivity contribution in [3.05, 3.63) is 35.4 Å². The highest BCUT2D eigenvalue weighted by molar-refractivity contribution is 6.18. The summed E-state index contributed by atoms with van der Waals surface area (Å²) in [5.41, 5.74) is -0.216. The molecule has 5 heteroatoms. The number of carbonyl (C=O) groups excluding carboxylic acids is 1. The minimum Gasteiger partial charge on any atom is -0.334 e. The second kappa shape index (κ2) is 5.65. The van der Waals surface area contributed by atoms with Crippen LogP contribution in [-0.4, -0.2) is 29.3 Å². The van der Waals surface area contributed by atoms with E-state index in [1.165, 1.54) is 0 Å². The number of carbonyl (C=O) groups is 1. The van der Waals surface area contributed by atoms with Gasteiger partial charge in [-0.1, -0.05) is 0 Å². The van der Waals surface area contributed by atoms with Crippen LogP contribution in [0.4, 0.5) is 8.78 Å². The Balaban J connectivity index is 2.26. The lowest BCUT2D eigenvalue weighted by molar-refractivity contribution is 0.0634. The summed E-state index contributed by atoms with van der Waals surface area (Å²) in [6, 6.07) is 2.83. The Morgan fingerprint density at radius 1 is 1.39 bits per heavy atom. The average molecular weight is 274 g/mol. The second-order valence-electron chi connectivity index (χ2n) is 4.43. The van der Waals surface area contributed by atoms with Gasteiger partial charge in [0.25, 0.3) is 5.91 Å². The van der Waals surface area contributed by atoms with Gasteiger partial charge in [-0.05, 0) is 37.5 Å². The maximum atomic E-state index is 13.6. The first-order chi connectivity index (χ1) is 8.63. The Kier molecular flexibility index (Phi) is 4.17. The van der Waals surface area contributed by atoms with E-state index in [1.807, 2.05) is 0 Å². The van der Waals surface area contributed by atoms with Crippen LogP contribution in [0, 0.1) is 11.6 Å². The Bertz CT molecular complexity index is 453. The summed E-state index contributed by atoms with van der Waals surface area (Å²) in [5.74, 6) is -1.46. The second-order valence-corrected chi connectivity index (χ2v) is 4.74. The molecule has 1 aliphatic heterocycles. The Morgan fingerprint density at radius 2 is 2.17 bits per heavy atom. The van der Waals surface area contributed by atoms with E-state index in [9.17, 15) is 13.6 Å². The summed E-state index contributed by atoms with van der Waals surface area (Å²) in [7, 11) is 0. The number of halogens is 3. The van der Waals surface area contributed by atoms with Crippen LogP contribution in [0.1, 0.15) is 29.6 Å². The quantitative estimate of drug-likeness (QED) is 0.758. The smallest absolute Gasteiger partial charge is 0.257 e. The highest BCUT2D eigenvalue weighted by atomic mass is 35.5. The van der Waals surface area contributed by atoms with E-state index in [0.29, 0.717) is 12.4 Å². The topological polar surface area (TPSA) is 20.3 Å². The molecule has 1 heterocycles. The molecule has 0 N–H and O–H groups in total. The fraction of sp³-hybridized carbons (Fsp3) is 0.462. The Morgan fingerprint density at radius 3 is 2.89 bits per heavy atom. The van der Waals surface area contributed by atoms with Gasteiger partial charge in [-0.15, -0.1) is 11.6 Å². The predicted molar refractivity (Wildman–Crippen MR) is 65.8 cm³/mol. The third-order valence-electron chi connectivity index (χ3n) is 3.22. The standard InChI is InChI=1S/C13H14ClF2NO/c14-8-10-3-1-2-6-17(10)13(18)11-7-9(15)4-5-12(11)16/h4-5,7,10H,1-3,6,8H2. The van der Waals surface area contributed by atoms with Crippen molar-refractivity contribution in [1.82, 2.24) is 4.90 Å². The summed E-state index contributed by atoms with van der Waals surface area (Å²) >= 11 is 5.82. The van der Waals surface area contributed by atoms with Crippen LogP contribution >= 0.6 is 11.6 Å². The third-order valence-corrected chi connectivity index (χ3v) is 3.58. The van der Waals surface area contributed by atoms with E-state index in [2.05, 4.69) is 0 Å². The number of amides is 1. The van der Waals surface area contributed by atoms with Crippen LogP contribution in [0.25, 0.3) is 0 Å². The molecular formula is C13H14ClF2NO. The molecule has 98 valence electrons. The van der Waals surface area contributed by atoms with Gasteiger partial charge >= 0.3 is 0 Å². The maximum absolute atomic E-state index is 13.6. The molecule has 1 aromatic carbocycles. The average Bonchev–Trinajstić information content (AvgIpc) is 2.40. The summed E-state index contributed by atoms with van der Waals surface area (Å²) in [5, 5.41) is 0. The van der Waals surface area contributed by atoms with E-state index < -0.39 is 17.5 Å². The first kappa shape index (κ1) is 13.3. The molecule has 2 nitrogen and oxygen atoms in total. The molecule has 0 radical (unpaired) electrons. The molecule has 2 rings (SSSR count). The Hall–Kier alpha value is -1.16. The van der Waals surface area contributed by atoms with Crippen LogP contribution in [-0.2, 0) is 0 Å². The molecule has 1 aromatic rings. The van der Waals surface area contributed by atoms with Crippen LogP contribution in [0.2, 0.25) is 0 Å². The van der Waals surface area contributed by atoms with Crippen molar-refractivity contribution in [2.45, 2.75) is 25.3 Å². The van der Waals surface area contributed by atoms with Crippen molar-refractivity contribution < 1.29 is 13.6 Å². The molecule has 0 saturated carbocycles. The molecule has 18 heavy (non-hydrogen) atoms. The lowest BCUT2D eigenvalue weighted by Crippen LogP contribution is -2.45. The molecule has 0 aliphatic carbocycles. The number of hydrogen-bond acceptors (Lipinski definition) is 1. The lowest BCUT2D eigenvalue weighted by Gasteiger charge is -2.34. The molecule has 0 spiro atoms. The fourth-order valence-corrected chi connectivity index (χ4v) is 2.57.